The van der Waals surface area contributed by atoms with Crippen LogP contribution in [0.5, 0.6) is 0 Å². The van der Waals surface area contributed by atoms with Crippen LogP contribution in [0.1, 0.15) is 51.9 Å². The Morgan fingerprint density at radius 1 is 1.00 bits per heavy atom. The van der Waals surface area contributed by atoms with Crippen LogP contribution >= 0.6 is 0 Å². The van der Waals surface area contributed by atoms with Crippen LogP contribution < -0.4 is 5.32 Å². The maximum atomic E-state index is 13.4. The van der Waals surface area contributed by atoms with Gasteiger partial charge in [0.1, 0.15) is 11.6 Å². The van der Waals surface area contributed by atoms with Crippen molar-refractivity contribution in [1.82, 2.24) is 25.0 Å². The van der Waals surface area contributed by atoms with Gasteiger partial charge in [0.15, 0.2) is 0 Å². The third-order valence-corrected chi connectivity index (χ3v) is 6.91. The van der Waals surface area contributed by atoms with E-state index in [1.165, 1.54) is 16.5 Å². The molecular formula is C23H25N5O. The Labute approximate surface area is 169 Å². The molecule has 0 saturated carbocycles. The number of carbonyl (C=O) groups excluding carboxylic acids is 1. The molecule has 6 heteroatoms. The van der Waals surface area contributed by atoms with E-state index in [4.69, 9.17) is 0 Å². The van der Waals surface area contributed by atoms with Gasteiger partial charge in [-0.05, 0) is 53.6 Å². The van der Waals surface area contributed by atoms with Crippen molar-refractivity contribution < 1.29 is 4.79 Å². The summed E-state index contributed by atoms with van der Waals surface area (Å²) < 4.78 is 2.28. The van der Waals surface area contributed by atoms with Crippen molar-refractivity contribution in [3.8, 4) is 0 Å². The average molecular weight is 387 g/mol. The van der Waals surface area contributed by atoms with E-state index in [-0.39, 0.29) is 5.91 Å². The topological polar surface area (TPSA) is 63.1 Å². The lowest BCUT2D eigenvalue weighted by Crippen LogP contribution is -2.39. The first-order valence-electron chi connectivity index (χ1n) is 10.7. The van der Waals surface area contributed by atoms with Gasteiger partial charge in [0.05, 0.1) is 6.54 Å². The number of carbonyl (C=O) groups is 1. The summed E-state index contributed by atoms with van der Waals surface area (Å²) in [6, 6.07) is 10.6. The van der Waals surface area contributed by atoms with Gasteiger partial charge in [0.25, 0.3) is 5.91 Å². The second-order valence-corrected chi connectivity index (χ2v) is 8.48. The van der Waals surface area contributed by atoms with Crippen molar-refractivity contribution in [3.05, 3.63) is 58.7 Å². The third kappa shape index (κ3) is 2.69. The molecule has 1 amide bonds. The summed E-state index contributed by atoms with van der Waals surface area (Å²) >= 11 is 0. The number of piperidine rings is 1. The maximum absolute atomic E-state index is 13.4. The van der Waals surface area contributed by atoms with E-state index in [2.05, 4.69) is 44.3 Å². The summed E-state index contributed by atoms with van der Waals surface area (Å²) in [6.07, 6.45) is 4.10. The highest BCUT2D eigenvalue weighted by molar-refractivity contribution is 6.09. The van der Waals surface area contributed by atoms with E-state index >= 15 is 0 Å². The number of likely N-dealkylation sites (tertiary alicyclic amines) is 1. The van der Waals surface area contributed by atoms with Gasteiger partial charge in [-0.25, -0.2) is 0 Å². The minimum atomic E-state index is 0.173. The van der Waals surface area contributed by atoms with Crippen molar-refractivity contribution in [3.63, 3.8) is 0 Å². The summed E-state index contributed by atoms with van der Waals surface area (Å²) in [4.78, 5) is 15.4. The number of hydrogen-bond donors (Lipinski definition) is 1. The normalized spacial score (nSPS) is 19.0. The zero-order valence-electron chi connectivity index (χ0n) is 16.5. The second-order valence-electron chi connectivity index (χ2n) is 8.48. The Kier molecular flexibility index (Phi) is 3.94. The first-order valence-corrected chi connectivity index (χ1v) is 10.7. The van der Waals surface area contributed by atoms with Crippen LogP contribution in [0.3, 0.4) is 0 Å². The van der Waals surface area contributed by atoms with Crippen LogP contribution in [0.2, 0.25) is 0 Å². The van der Waals surface area contributed by atoms with Gasteiger partial charge in [-0.1, -0.05) is 24.3 Å². The van der Waals surface area contributed by atoms with Crippen LogP contribution in [0.25, 0.3) is 10.8 Å². The van der Waals surface area contributed by atoms with Gasteiger partial charge in [-0.3, -0.25) is 4.79 Å². The van der Waals surface area contributed by atoms with Gasteiger partial charge in [-0.15, -0.1) is 10.2 Å². The molecule has 1 fully saturated rings. The highest BCUT2D eigenvalue weighted by atomic mass is 16.2. The van der Waals surface area contributed by atoms with E-state index in [1.807, 2.05) is 11.0 Å². The zero-order valence-corrected chi connectivity index (χ0v) is 16.5. The van der Waals surface area contributed by atoms with E-state index in [9.17, 15) is 4.79 Å². The predicted octanol–water partition coefficient (Wildman–Crippen LogP) is 2.65. The fourth-order valence-corrected chi connectivity index (χ4v) is 5.36. The highest BCUT2D eigenvalue weighted by Gasteiger charge is 2.30. The number of benzene rings is 2. The molecule has 3 heterocycles. The Morgan fingerprint density at radius 3 is 2.69 bits per heavy atom. The van der Waals surface area contributed by atoms with Gasteiger partial charge < -0.3 is 14.8 Å². The van der Waals surface area contributed by atoms with E-state index in [0.29, 0.717) is 5.92 Å². The standard InChI is InChI=1S/C23H25N5O/c29-23(19-7-6-16-5-4-15-2-1-3-18(19)21(15)16)27-11-8-17(9-12-27)22-26-25-20-14-24-10-13-28(20)22/h1-3,6-7,17,24H,4-5,8-14H2. The lowest BCUT2D eigenvalue weighted by Gasteiger charge is -2.32. The number of nitrogens with one attached hydrogen (secondary N) is 1. The Morgan fingerprint density at radius 2 is 1.83 bits per heavy atom. The Bertz CT molecular complexity index is 1100. The fraction of sp³-hybridized carbons (Fsp3) is 0.435. The monoisotopic (exact) mass is 387 g/mol. The summed E-state index contributed by atoms with van der Waals surface area (Å²) in [5.41, 5.74) is 3.63. The van der Waals surface area contributed by atoms with Crippen LogP contribution in [-0.4, -0.2) is 45.2 Å². The summed E-state index contributed by atoms with van der Waals surface area (Å²) in [7, 11) is 0. The van der Waals surface area contributed by atoms with Gasteiger partial charge in [-0.2, -0.15) is 0 Å². The molecule has 3 aromatic rings. The molecule has 1 aromatic heterocycles. The number of rotatable bonds is 2. The molecule has 0 atom stereocenters. The molecule has 2 aromatic carbocycles. The Balaban J connectivity index is 1.23. The SMILES string of the molecule is O=C(c1ccc2c3c(cccc13)CC2)N1CCC(c2nnc3n2CCNC3)CC1. The molecule has 3 aliphatic rings. The van der Waals surface area contributed by atoms with Crippen molar-refractivity contribution >= 4 is 16.7 Å². The number of amides is 1. The van der Waals surface area contributed by atoms with Gasteiger partial charge in [0, 0.05) is 37.7 Å². The molecule has 2 aliphatic heterocycles. The van der Waals surface area contributed by atoms with Gasteiger partial charge in [0.2, 0.25) is 0 Å². The van der Waals surface area contributed by atoms with E-state index in [0.717, 1.165) is 81.0 Å². The molecular weight excluding hydrogens is 362 g/mol. The Hall–Kier alpha value is -2.73. The zero-order chi connectivity index (χ0) is 19.4. The summed E-state index contributed by atoms with van der Waals surface area (Å²) in [6.45, 7) is 4.28. The third-order valence-electron chi connectivity index (χ3n) is 6.91. The van der Waals surface area contributed by atoms with Gasteiger partial charge >= 0.3 is 0 Å². The number of nitrogens with zero attached hydrogens (tertiary/aromatic N) is 4. The molecule has 6 rings (SSSR count). The van der Waals surface area contributed by atoms with Crippen LogP contribution in [0, 0.1) is 0 Å². The average Bonchev–Trinajstić information content (AvgIpc) is 3.39. The second kappa shape index (κ2) is 6.66. The number of hydrogen-bond acceptors (Lipinski definition) is 4. The smallest absolute Gasteiger partial charge is 0.254 e. The van der Waals surface area contributed by atoms with Crippen LogP contribution in [0.4, 0.5) is 0 Å². The first-order chi connectivity index (χ1) is 14.3. The number of aryl methyl sites for hydroxylation is 2. The molecule has 0 spiro atoms. The molecule has 0 unspecified atom stereocenters. The van der Waals surface area contributed by atoms with Crippen molar-refractivity contribution in [1.29, 1.82) is 0 Å². The first kappa shape index (κ1) is 17.2. The molecule has 148 valence electrons. The molecule has 1 N–H and O–H groups in total. The molecule has 29 heavy (non-hydrogen) atoms. The largest absolute Gasteiger partial charge is 0.339 e. The lowest BCUT2D eigenvalue weighted by molar-refractivity contribution is 0.0712. The quantitative estimate of drug-likeness (QED) is 0.734. The maximum Gasteiger partial charge on any atom is 0.254 e. The predicted molar refractivity (Wildman–Crippen MR) is 111 cm³/mol. The molecule has 0 bridgehead atoms. The van der Waals surface area contributed by atoms with E-state index < -0.39 is 0 Å². The van der Waals surface area contributed by atoms with E-state index in [1.54, 1.807) is 0 Å². The molecule has 6 nitrogen and oxygen atoms in total. The van der Waals surface area contributed by atoms with Crippen LogP contribution in [-0.2, 0) is 25.9 Å². The van der Waals surface area contributed by atoms with Crippen LogP contribution in [0.15, 0.2) is 30.3 Å². The number of aromatic nitrogens is 3. The highest BCUT2D eigenvalue weighted by Crippen LogP contribution is 2.34. The molecule has 1 saturated heterocycles. The summed E-state index contributed by atoms with van der Waals surface area (Å²) in [5, 5.41) is 14.6. The summed E-state index contributed by atoms with van der Waals surface area (Å²) in [5.74, 6) is 2.72. The van der Waals surface area contributed by atoms with Crippen molar-refractivity contribution in [2.45, 2.75) is 44.7 Å². The minimum absolute atomic E-state index is 0.173. The fourth-order valence-electron chi connectivity index (χ4n) is 5.36. The molecule has 1 aliphatic carbocycles. The minimum Gasteiger partial charge on any atom is -0.339 e. The van der Waals surface area contributed by atoms with Crippen molar-refractivity contribution in [2.24, 2.45) is 0 Å². The van der Waals surface area contributed by atoms with Crippen molar-refractivity contribution in [2.75, 3.05) is 19.6 Å². The molecule has 0 radical (unpaired) electrons. The lowest BCUT2D eigenvalue weighted by atomic mass is 9.94. The number of fused-ring (bicyclic) bond motifs is 1.